The molecule has 0 spiro atoms. The van der Waals surface area contributed by atoms with Gasteiger partial charge in [0.1, 0.15) is 0 Å². The second-order valence-electron chi connectivity index (χ2n) is 4.04. The predicted octanol–water partition coefficient (Wildman–Crippen LogP) is 0.581. The number of thioether (sulfide) groups is 1. The second-order valence-corrected chi connectivity index (χ2v) is 5.15. The molecule has 1 aromatic heterocycles. The van der Waals surface area contributed by atoms with Gasteiger partial charge >= 0.3 is 0 Å². The number of carbonyl (C=O) groups is 1. The van der Waals surface area contributed by atoms with Gasteiger partial charge in [-0.25, -0.2) is 0 Å². The minimum Gasteiger partial charge on any atom is -0.387 e. The Bertz CT molecular complexity index is 385. The molecule has 1 aliphatic heterocycles. The number of hydrogen-bond donors (Lipinski definition) is 2. The minimum atomic E-state index is -0.768. The first-order valence-electron chi connectivity index (χ1n) is 5.11. The summed E-state index contributed by atoms with van der Waals surface area (Å²) in [5.74, 6) is 1.47. The maximum Gasteiger partial charge on any atom is 0.290 e. The molecule has 2 N–H and O–H groups in total. The monoisotopic (exact) mass is 242 g/mol. The van der Waals surface area contributed by atoms with Gasteiger partial charge < -0.3 is 14.9 Å². The molecule has 1 fully saturated rings. The van der Waals surface area contributed by atoms with E-state index in [0.29, 0.717) is 17.9 Å². The fourth-order valence-electron chi connectivity index (χ4n) is 1.54. The van der Waals surface area contributed by atoms with Crippen molar-refractivity contribution in [3.05, 3.63) is 17.5 Å². The normalized spacial score (nSPS) is 24.6. The molecule has 88 valence electrons. The van der Waals surface area contributed by atoms with Crippen molar-refractivity contribution in [3.63, 3.8) is 0 Å². The summed E-state index contributed by atoms with van der Waals surface area (Å²) in [6.07, 6.45) is 0.716. The molecule has 1 aliphatic rings. The minimum absolute atomic E-state index is 0.187. The summed E-state index contributed by atoms with van der Waals surface area (Å²) in [6.45, 7) is 2.01. The smallest absolute Gasteiger partial charge is 0.290 e. The van der Waals surface area contributed by atoms with Crippen LogP contribution in [0.3, 0.4) is 0 Å². The number of nitrogens with zero attached hydrogens (tertiary/aromatic N) is 1. The Balaban J connectivity index is 1.88. The third-order valence-electron chi connectivity index (χ3n) is 2.51. The SMILES string of the molecule is Cc1cc(C(=O)NCC2(O)CCSC2)on1. The van der Waals surface area contributed by atoms with Crippen molar-refractivity contribution in [2.24, 2.45) is 0 Å². The first-order valence-corrected chi connectivity index (χ1v) is 6.26. The van der Waals surface area contributed by atoms with E-state index in [1.807, 2.05) is 0 Å². The van der Waals surface area contributed by atoms with Crippen LogP contribution in [-0.2, 0) is 0 Å². The molecule has 1 saturated heterocycles. The Kier molecular flexibility index (Phi) is 3.20. The van der Waals surface area contributed by atoms with Crippen LogP contribution in [0.15, 0.2) is 10.6 Å². The predicted molar refractivity (Wildman–Crippen MR) is 60.5 cm³/mol. The van der Waals surface area contributed by atoms with Crippen LogP contribution in [0.4, 0.5) is 0 Å². The molecule has 1 atom stereocenters. The van der Waals surface area contributed by atoms with Crippen molar-refractivity contribution in [2.75, 3.05) is 18.1 Å². The molecule has 0 aliphatic carbocycles. The Labute approximate surface area is 97.6 Å². The van der Waals surface area contributed by atoms with Crippen LogP contribution in [-0.4, -0.2) is 39.8 Å². The van der Waals surface area contributed by atoms with Gasteiger partial charge in [0.25, 0.3) is 5.91 Å². The molecule has 0 bridgehead atoms. The van der Waals surface area contributed by atoms with Gasteiger partial charge in [-0.1, -0.05) is 5.16 Å². The highest BCUT2D eigenvalue weighted by molar-refractivity contribution is 7.99. The van der Waals surface area contributed by atoms with E-state index in [4.69, 9.17) is 4.52 Å². The van der Waals surface area contributed by atoms with Crippen molar-refractivity contribution in [1.82, 2.24) is 10.5 Å². The van der Waals surface area contributed by atoms with Crippen molar-refractivity contribution in [3.8, 4) is 0 Å². The third-order valence-corrected chi connectivity index (χ3v) is 3.75. The lowest BCUT2D eigenvalue weighted by Crippen LogP contribution is -2.42. The molecular formula is C10H14N2O3S. The van der Waals surface area contributed by atoms with Gasteiger partial charge in [0.2, 0.25) is 5.76 Å². The Hall–Kier alpha value is -1.01. The molecule has 2 rings (SSSR count). The number of nitrogens with one attached hydrogen (secondary N) is 1. The van der Waals surface area contributed by atoms with Gasteiger partial charge in [0, 0.05) is 18.4 Å². The number of aromatic nitrogens is 1. The topological polar surface area (TPSA) is 75.4 Å². The summed E-state index contributed by atoms with van der Waals surface area (Å²) in [4.78, 5) is 11.6. The lowest BCUT2D eigenvalue weighted by Gasteiger charge is -2.20. The van der Waals surface area contributed by atoms with Gasteiger partial charge in [-0.2, -0.15) is 11.8 Å². The molecular weight excluding hydrogens is 228 g/mol. The van der Waals surface area contributed by atoms with Crippen molar-refractivity contribution in [2.45, 2.75) is 18.9 Å². The lowest BCUT2D eigenvalue weighted by molar-refractivity contribution is 0.0599. The highest BCUT2D eigenvalue weighted by atomic mass is 32.2. The summed E-state index contributed by atoms with van der Waals surface area (Å²) in [5.41, 5.74) is -0.102. The molecule has 2 heterocycles. The van der Waals surface area contributed by atoms with Gasteiger partial charge in [-0.3, -0.25) is 4.79 Å². The fourth-order valence-corrected chi connectivity index (χ4v) is 2.83. The van der Waals surface area contributed by atoms with Gasteiger partial charge in [0.05, 0.1) is 11.3 Å². The number of aryl methyl sites for hydroxylation is 1. The first kappa shape index (κ1) is 11.5. The van der Waals surface area contributed by atoms with E-state index < -0.39 is 5.60 Å². The molecule has 1 amide bonds. The number of hydrogen-bond acceptors (Lipinski definition) is 5. The van der Waals surface area contributed by atoms with Crippen molar-refractivity contribution < 1.29 is 14.4 Å². The fraction of sp³-hybridized carbons (Fsp3) is 0.600. The zero-order chi connectivity index (χ0) is 11.6. The van der Waals surface area contributed by atoms with Crippen LogP contribution in [0.1, 0.15) is 22.7 Å². The summed E-state index contributed by atoms with van der Waals surface area (Å²) < 4.78 is 4.83. The van der Waals surface area contributed by atoms with Crippen molar-refractivity contribution in [1.29, 1.82) is 0 Å². The highest BCUT2D eigenvalue weighted by Crippen LogP contribution is 2.26. The van der Waals surface area contributed by atoms with E-state index in [1.165, 1.54) is 0 Å². The van der Waals surface area contributed by atoms with Gasteiger partial charge in [-0.05, 0) is 19.1 Å². The molecule has 0 saturated carbocycles. The van der Waals surface area contributed by atoms with Crippen LogP contribution in [0.2, 0.25) is 0 Å². The standard InChI is InChI=1S/C10H14N2O3S/c1-7-4-8(15-12-7)9(13)11-5-10(14)2-3-16-6-10/h4,14H,2-3,5-6H2,1H3,(H,11,13). The molecule has 1 aromatic rings. The van der Waals surface area contributed by atoms with Crippen LogP contribution in [0.5, 0.6) is 0 Å². The summed E-state index contributed by atoms with van der Waals surface area (Å²) in [7, 11) is 0. The average Bonchev–Trinajstić information content (AvgIpc) is 2.85. The van der Waals surface area contributed by atoms with Crippen LogP contribution >= 0.6 is 11.8 Å². The van der Waals surface area contributed by atoms with Crippen LogP contribution in [0.25, 0.3) is 0 Å². The molecule has 5 nitrogen and oxygen atoms in total. The number of amides is 1. The third kappa shape index (κ3) is 2.56. The molecule has 1 unspecified atom stereocenters. The summed E-state index contributed by atoms with van der Waals surface area (Å²) in [5, 5.41) is 16.3. The van der Waals surface area contributed by atoms with E-state index in [-0.39, 0.29) is 18.2 Å². The molecule has 16 heavy (non-hydrogen) atoms. The maximum atomic E-state index is 11.6. The van der Waals surface area contributed by atoms with Gasteiger partial charge in [0.15, 0.2) is 0 Å². The van der Waals surface area contributed by atoms with E-state index >= 15 is 0 Å². The quantitative estimate of drug-likeness (QED) is 0.811. The van der Waals surface area contributed by atoms with Crippen molar-refractivity contribution >= 4 is 17.7 Å². The zero-order valence-electron chi connectivity index (χ0n) is 9.02. The van der Waals surface area contributed by atoms with E-state index in [9.17, 15) is 9.90 Å². The molecule has 6 heteroatoms. The van der Waals surface area contributed by atoms with Crippen LogP contribution in [0, 0.1) is 6.92 Å². The van der Waals surface area contributed by atoms with Gasteiger partial charge in [-0.15, -0.1) is 0 Å². The second kappa shape index (κ2) is 4.47. The average molecular weight is 242 g/mol. The lowest BCUT2D eigenvalue weighted by atomic mass is 10.0. The maximum absolute atomic E-state index is 11.6. The van der Waals surface area contributed by atoms with E-state index in [0.717, 1.165) is 5.75 Å². The highest BCUT2D eigenvalue weighted by Gasteiger charge is 2.32. The summed E-state index contributed by atoms with van der Waals surface area (Å²) in [6, 6.07) is 1.57. The largest absolute Gasteiger partial charge is 0.387 e. The van der Waals surface area contributed by atoms with E-state index in [2.05, 4.69) is 10.5 Å². The van der Waals surface area contributed by atoms with Crippen LogP contribution < -0.4 is 5.32 Å². The molecule has 0 aromatic carbocycles. The first-order chi connectivity index (χ1) is 7.59. The van der Waals surface area contributed by atoms with E-state index in [1.54, 1.807) is 24.8 Å². The molecule has 0 radical (unpaired) electrons. The number of aliphatic hydroxyl groups is 1. The Morgan fingerprint density at radius 1 is 1.81 bits per heavy atom. The Morgan fingerprint density at radius 2 is 2.62 bits per heavy atom. The number of rotatable bonds is 3. The summed E-state index contributed by atoms with van der Waals surface area (Å²) >= 11 is 1.70. The zero-order valence-corrected chi connectivity index (χ0v) is 9.84. The Morgan fingerprint density at radius 3 is 3.19 bits per heavy atom. The number of carbonyl (C=O) groups excluding carboxylic acids is 1.